The third-order valence-electron chi connectivity index (χ3n) is 12.0. The lowest BCUT2D eigenvalue weighted by Gasteiger charge is -2.24. The highest BCUT2D eigenvalue weighted by molar-refractivity contribution is 7.47. The molecule has 0 aromatic heterocycles. The van der Waals surface area contributed by atoms with E-state index >= 15 is 0 Å². The molecule has 400 valence electrons. The van der Waals surface area contributed by atoms with Crippen molar-refractivity contribution in [1.82, 2.24) is 0 Å². The number of nitrogens with zero attached hydrogens (tertiary/aromatic N) is 1. The molecule has 10 heteroatoms. The van der Waals surface area contributed by atoms with Crippen LogP contribution in [0.15, 0.2) is 72.9 Å². The van der Waals surface area contributed by atoms with Crippen LogP contribution < -0.4 is 0 Å². The first-order valence-electron chi connectivity index (χ1n) is 28.2. The van der Waals surface area contributed by atoms with Crippen molar-refractivity contribution in [2.45, 2.75) is 245 Å². The molecule has 0 saturated heterocycles. The van der Waals surface area contributed by atoms with Crippen LogP contribution in [0.2, 0.25) is 0 Å². The van der Waals surface area contributed by atoms with Crippen LogP contribution in [0.3, 0.4) is 0 Å². The summed E-state index contributed by atoms with van der Waals surface area (Å²) in [5.41, 5.74) is 0. The summed E-state index contributed by atoms with van der Waals surface area (Å²) >= 11 is 0. The Hall–Kier alpha value is -2.55. The molecule has 0 aliphatic carbocycles. The number of esters is 2. The van der Waals surface area contributed by atoms with E-state index in [0.29, 0.717) is 17.4 Å². The second-order valence-corrected chi connectivity index (χ2v) is 21.4. The van der Waals surface area contributed by atoms with Gasteiger partial charge < -0.3 is 18.9 Å². The van der Waals surface area contributed by atoms with E-state index in [-0.39, 0.29) is 32.0 Å². The third-order valence-corrected chi connectivity index (χ3v) is 13.0. The van der Waals surface area contributed by atoms with E-state index in [0.717, 1.165) is 89.9 Å². The monoisotopic (exact) mass is 989 g/mol. The highest BCUT2D eigenvalue weighted by Crippen LogP contribution is 2.43. The smallest absolute Gasteiger partial charge is 0.462 e. The molecule has 0 spiro atoms. The van der Waals surface area contributed by atoms with Crippen LogP contribution in [0.4, 0.5) is 0 Å². The maximum absolute atomic E-state index is 12.8. The van der Waals surface area contributed by atoms with Gasteiger partial charge in [0.05, 0.1) is 27.7 Å². The minimum Gasteiger partial charge on any atom is -0.462 e. The fraction of sp³-hybridized carbons (Fsp3) is 0.763. The molecule has 2 unspecified atom stereocenters. The zero-order valence-corrected chi connectivity index (χ0v) is 46.2. The summed E-state index contributed by atoms with van der Waals surface area (Å²) in [6.45, 7) is 4.31. The zero-order valence-electron chi connectivity index (χ0n) is 45.3. The minimum atomic E-state index is -4.39. The average molecular weight is 989 g/mol. The molecule has 2 atom stereocenters. The topological polar surface area (TPSA) is 108 Å². The molecule has 0 rings (SSSR count). The van der Waals surface area contributed by atoms with Crippen molar-refractivity contribution in [2.75, 3.05) is 47.5 Å². The van der Waals surface area contributed by atoms with Gasteiger partial charge in [0.15, 0.2) is 6.10 Å². The van der Waals surface area contributed by atoms with Crippen molar-refractivity contribution in [1.29, 1.82) is 0 Å². The summed E-state index contributed by atoms with van der Waals surface area (Å²) in [7, 11) is 1.47. The van der Waals surface area contributed by atoms with Crippen LogP contribution in [-0.2, 0) is 32.7 Å². The normalized spacial score (nSPS) is 13.9. The number of likely N-dealkylation sites (N-methyl/N-ethyl adjacent to an activating group) is 1. The van der Waals surface area contributed by atoms with Crippen molar-refractivity contribution in [2.24, 2.45) is 0 Å². The Labute approximate surface area is 425 Å². The van der Waals surface area contributed by atoms with Gasteiger partial charge in [-0.05, 0) is 83.5 Å². The zero-order chi connectivity index (χ0) is 50.6. The highest BCUT2D eigenvalue weighted by Gasteiger charge is 2.27. The van der Waals surface area contributed by atoms with Crippen LogP contribution in [0.25, 0.3) is 0 Å². The van der Waals surface area contributed by atoms with Gasteiger partial charge >= 0.3 is 19.8 Å². The Morgan fingerprint density at radius 3 is 1.25 bits per heavy atom. The molecule has 69 heavy (non-hydrogen) atoms. The molecule has 1 N–H and O–H groups in total. The van der Waals surface area contributed by atoms with E-state index in [2.05, 4.69) is 86.8 Å². The lowest BCUT2D eigenvalue weighted by Crippen LogP contribution is -2.37. The maximum Gasteiger partial charge on any atom is 0.472 e. The largest absolute Gasteiger partial charge is 0.472 e. The number of quaternary nitrogens is 1. The van der Waals surface area contributed by atoms with Crippen molar-refractivity contribution in [3.05, 3.63) is 72.9 Å². The van der Waals surface area contributed by atoms with Gasteiger partial charge in [0, 0.05) is 12.8 Å². The van der Waals surface area contributed by atoms with Gasteiger partial charge in [0.1, 0.15) is 19.8 Å². The van der Waals surface area contributed by atoms with Crippen LogP contribution in [0.5, 0.6) is 0 Å². The molecular formula is C59H107NO8P+. The molecule has 0 aromatic rings. The number of ether oxygens (including phenoxy) is 2. The Morgan fingerprint density at radius 1 is 0.464 bits per heavy atom. The quantitative estimate of drug-likeness (QED) is 0.0211. The molecule has 0 heterocycles. The lowest BCUT2D eigenvalue weighted by atomic mass is 10.0. The number of carbonyl (C=O) groups is 2. The van der Waals surface area contributed by atoms with Crippen molar-refractivity contribution < 1.29 is 42.1 Å². The molecule has 9 nitrogen and oxygen atoms in total. The number of phosphoric acid groups is 1. The maximum atomic E-state index is 12.8. The SMILES string of the molecule is CC/C=C\C/C=C\C/C=C\C/C=C\C/C=C\CCCCCCCCCCCCCCCCCC(=O)OC(COC(=O)CCCCCCC/C=C\CCCCCCC)COP(=O)(O)OCC[N+](C)(C)C. The van der Waals surface area contributed by atoms with E-state index in [4.69, 9.17) is 18.5 Å². The number of hydrogen-bond acceptors (Lipinski definition) is 7. The number of carbonyl (C=O) groups excluding carboxylic acids is 2. The second-order valence-electron chi connectivity index (χ2n) is 19.9. The van der Waals surface area contributed by atoms with Gasteiger partial charge in [-0.1, -0.05) is 215 Å². The van der Waals surface area contributed by atoms with Gasteiger partial charge in [0.25, 0.3) is 0 Å². The Balaban J connectivity index is 4.10. The fourth-order valence-electron chi connectivity index (χ4n) is 7.63. The summed E-state index contributed by atoms with van der Waals surface area (Å²) < 4.78 is 34.5. The van der Waals surface area contributed by atoms with Crippen molar-refractivity contribution in [3.63, 3.8) is 0 Å². The number of phosphoric ester groups is 1. The predicted octanol–water partition coefficient (Wildman–Crippen LogP) is 17.3. The summed E-state index contributed by atoms with van der Waals surface area (Å²) in [4.78, 5) is 35.6. The van der Waals surface area contributed by atoms with Gasteiger partial charge in [-0.3, -0.25) is 18.6 Å². The summed E-state index contributed by atoms with van der Waals surface area (Å²) in [6, 6.07) is 0. The number of unbranched alkanes of at least 4 members (excludes halogenated alkanes) is 25. The molecule has 0 amide bonds. The summed E-state index contributed by atoms with van der Waals surface area (Å²) in [6.07, 6.45) is 65.4. The number of hydrogen-bond donors (Lipinski definition) is 1. The Kier molecular flexibility index (Phi) is 48.5. The van der Waals surface area contributed by atoms with Crippen molar-refractivity contribution in [3.8, 4) is 0 Å². The highest BCUT2D eigenvalue weighted by atomic mass is 31.2. The molecule has 0 fully saturated rings. The van der Waals surface area contributed by atoms with Crippen LogP contribution in [-0.4, -0.2) is 74.9 Å². The molecule has 0 aromatic carbocycles. The number of allylic oxidation sites excluding steroid dienone is 12. The van der Waals surface area contributed by atoms with E-state index in [1.165, 1.54) is 116 Å². The van der Waals surface area contributed by atoms with Crippen LogP contribution in [0, 0.1) is 0 Å². The molecule has 0 bridgehead atoms. The fourth-order valence-corrected chi connectivity index (χ4v) is 8.37. The van der Waals surface area contributed by atoms with Crippen LogP contribution in [0.1, 0.15) is 239 Å². The number of rotatable bonds is 51. The Bertz CT molecular complexity index is 1400. The van der Waals surface area contributed by atoms with Gasteiger partial charge in [0.2, 0.25) is 0 Å². The van der Waals surface area contributed by atoms with E-state index < -0.39 is 26.5 Å². The van der Waals surface area contributed by atoms with Crippen LogP contribution >= 0.6 is 7.82 Å². The van der Waals surface area contributed by atoms with E-state index in [9.17, 15) is 19.0 Å². The van der Waals surface area contributed by atoms with Gasteiger partial charge in [-0.15, -0.1) is 0 Å². The first-order valence-corrected chi connectivity index (χ1v) is 29.7. The predicted molar refractivity (Wildman–Crippen MR) is 293 cm³/mol. The minimum absolute atomic E-state index is 0.0290. The standard InChI is InChI=1S/C59H106NO8P/c1-6-8-10-12-14-16-18-20-22-23-24-25-26-27-28-29-30-31-32-33-34-35-36-37-38-40-42-44-46-48-50-52-59(62)68-57(56-67-69(63,64)66-54-53-60(3,4)5)55-65-58(61)51-49-47-45-43-41-39-21-19-17-15-13-11-9-7-2/h8,10,14,16,19-22,24-25,27-28,57H,6-7,9,11-13,15,17-18,23,26,29-56H2,1-5H3/p+1/b10-8-,16-14-,21-19-,22-20-,25-24-,28-27-. The average Bonchev–Trinajstić information content (AvgIpc) is 3.31. The second kappa shape index (κ2) is 50.4. The van der Waals surface area contributed by atoms with Gasteiger partial charge in [-0.25, -0.2) is 4.57 Å². The molecular weight excluding hydrogens is 882 g/mol. The van der Waals surface area contributed by atoms with Gasteiger partial charge in [-0.2, -0.15) is 0 Å². The first kappa shape index (κ1) is 66.5. The lowest BCUT2D eigenvalue weighted by molar-refractivity contribution is -0.870. The Morgan fingerprint density at radius 2 is 0.826 bits per heavy atom. The first-order chi connectivity index (χ1) is 33.5. The van der Waals surface area contributed by atoms with E-state index in [1.54, 1.807) is 0 Å². The van der Waals surface area contributed by atoms with E-state index in [1.807, 2.05) is 21.1 Å². The molecule has 0 saturated carbocycles. The molecule has 0 aliphatic heterocycles. The van der Waals surface area contributed by atoms with Crippen molar-refractivity contribution >= 4 is 19.8 Å². The third kappa shape index (κ3) is 54.6. The summed E-state index contributed by atoms with van der Waals surface area (Å²) in [5.74, 6) is -0.805. The molecule has 0 aliphatic rings. The summed E-state index contributed by atoms with van der Waals surface area (Å²) in [5, 5.41) is 0. The molecule has 0 radical (unpaired) electrons.